The Labute approximate surface area is 136 Å². The maximum atomic E-state index is 12.9. The monoisotopic (exact) mass is 311 g/mol. The van der Waals surface area contributed by atoms with Crippen LogP contribution in [0.3, 0.4) is 0 Å². The van der Waals surface area contributed by atoms with Crippen LogP contribution in [0.5, 0.6) is 0 Å². The summed E-state index contributed by atoms with van der Waals surface area (Å²) in [5.74, 6) is 0.197. The molecule has 2 aromatic rings. The molecule has 3 heteroatoms. The first-order valence-corrected chi connectivity index (χ1v) is 8.58. The van der Waals surface area contributed by atoms with Crippen LogP contribution in [-0.2, 0) is 11.2 Å². The largest absolute Gasteiger partial charge is 0.308 e. The summed E-state index contributed by atoms with van der Waals surface area (Å²) in [4.78, 5) is 16.0. The second kappa shape index (κ2) is 6.17. The molecule has 1 aliphatic heterocycles. The van der Waals surface area contributed by atoms with Crippen molar-refractivity contribution in [3.63, 3.8) is 0 Å². The Hall–Kier alpha value is -1.74. The highest BCUT2D eigenvalue weighted by atomic mass is 32.2. The number of carbonyl (C=O) groups excluding carboxylic acids is 1. The smallest absolute Gasteiger partial charge is 0.240 e. The van der Waals surface area contributed by atoms with Gasteiger partial charge in [-0.2, -0.15) is 0 Å². The van der Waals surface area contributed by atoms with Crippen molar-refractivity contribution in [1.29, 1.82) is 0 Å². The molecule has 2 atom stereocenters. The number of hydrogen-bond acceptors (Lipinski definition) is 2. The molecule has 1 amide bonds. The fraction of sp³-hybridized carbons (Fsp3) is 0.316. The number of benzene rings is 2. The first-order valence-electron chi connectivity index (χ1n) is 7.70. The highest BCUT2D eigenvalue weighted by Crippen LogP contribution is 2.34. The lowest BCUT2D eigenvalue weighted by atomic mass is 10.1. The molecule has 0 bridgehead atoms. The van der Waals surface area contributed by atoms with E-state index < -0.39 is 0 Å². The zero-order valence-corrected chi connectivity index (χ0v) is 14.1. The van der Waals surface area contributed by atoms with Crippen LogP contribution in [0, 0.1) is 6.92 Å². The molecule has 0 saturated carbocycles. The molecule has 0 saturated heterocycles. The van der Waals surface area contributed by atoms with Gasteiger partial charge in [-0.05, 0) is 51.0 Å². The number of rotatable bonds is 3. The van der Waals surface area contributed by atoms with E-state index in [9.17, 15) is 4.79 Å². The summed E-state index contributed by atoms with van der Waals surface area (Å²) in [6, 6.07) is 16.8. The molecule has 0 aliphatic carbocycles. The Bertz CT molecular complexity index is 680. The molecule has 0 aromatic heterocycles. The Kier molecular flexibility index (Phi) is 4.25. The van der Waals surface area contributed by atoms with E-state index in [1.807, 2.05) is 24.0 Å². The summed E-state index contributed by atoms with van der Waals surface area (Å²) in [6.45, 7) is 6.20. The third-order valence-corrected chi connectivity index (χ3v) is 5.23. The van der Waals surface area contributed by atoms with Crippen molar-refractivity contribution >= 4 is 23.4 Å². The SMILES string of the molecule is Cc1ccc(S[C@H](C)C(=O)N2c3ccccc3C[C@@H]2C)cc1. The molecule has 2 aromatic carbocycles. The summed E-state index contributed by atoms with van der Waals surface area (Å²) in [7, 11) is 0. The molecular formula is C19H21NOS. The van der Waals surface area contributed by atoms with Crippen LogP contribution in [0.25, 0.3) is 0 Å². The second-order valence-corrected chi connectivity index (χ2v) is 7.38. The van der Waals surface area contributed by atoms with E-state index in [2.05, 4.69) is 50.2 Å². The minimum absolute atomic E-state index is 0.0867. The Morgan fingerprint density at radius 2 is 1.86 bits per heavy atom. The van der Waals surface area contributed by atoms with E-state index in [4.69, 9.17) is 0 Å². The number of amides is 1. The summed E-state index contributed by atoms with van der Waals surface area (Å²) in [5.41, 5.74) is 3.60. The van der Waals surface area contributed by atoms with Crippen molar-refractivity contribution in [2.45, 2.75) is 43.4 Å². The van der Waals surface area contributed by atoms with Gasteiger partial charge in [0.2, 0.25) is 5.91 Å². The Morgan fingerprint density at radius 1 is 1.18 bits per heavy atom. The van der Waals surface area contributed by atoms with E-state index in [0.29, 0.717) is 0 Å². The quantitative estimate of drug-likeness (QED) is 0.780. The highest BCUT2D eigenvalue weighted by Gasteiger charge is 2.33. The standard InChI is InChI=1S/C19H21NOS/c1-13-8-10-17(11-9-13)22-15(3)19(21)20-14(2)12-16-6-4-5-7-18(16)20/h4-11,14-15H,12H2,1-3H3/t14-,15+/m0/s1. The van der Waals surface area contributed by atoms with Crippen LogP contribution in [0.1, 0.15) is 25.0 Å². The highest BCUT2D eigenvalue weighted by molar-refractivity contribution is 8.00. The van der Waals surface area contributed by atoms with E-state index >= 15 is 0 Å². The lowest BCUT2D eigenvalue weighted by molar-refractivity contribution is -0.118. The van der Waals surface area contributed by atoms with Gasteiger partial charge in [0.05, 0.1) is 5.25 Å². The molecule has 1 aliphatic rings. The number of hydrogen-bond donors (Lipinski definition) is 0. The van der Waals surface area contributed by atoms with Gasteiger partial charge >= 0.3 is 0 Å². The number of nitrogens with zero attached hydrogens (tertiary/aromatic N) is 1. The molecular weight excluding hydrogens is 290 g/mol. The third-order valence-electron chi connectivity index (χ3n) is 4.13. The number of aryl methyl sites for hydroxylation is 1. The van der Waals surface area contributed by atoms with Crippen molar-refractivity contribution in [2.75, 3.05) is 4.90 Å². The van der Waals surface area contributed by atoms with Crippen molar-refractivity contribution in [1.82, 2.24) is 0 Å². The molecule has 0 N–H and O–H groups in total. The third kappa shape index (κ3) is 2.91. The van der Waals surface area contributed by atoms with Gasteiger partial charge in [0.1, 0.15) is 0 Å². The Morgan fingerprint density at radius 3 is 2.59 bits per heavy atom. The predicted molar refractivity (Wildman–Crippen MR) is 93.6 cm³/mol. The summed E-state index contributed by atoms with van der Waals surface area (Å²) in [6.07, 6.45) is 0.948. The Balaban J connectivity index is 1.77. The van der Waals surface area contributed by atoms with Crippen LogP contribution < -0.4 is 4.90 Å². The first kappa shape index (κ1) is 15.2. The van der Waals surface area contributed by atoms with Gasteiger partial charge in [0.25, 0.3) is 0 Å². The molecule has 1 heterocycles. The van der Waals surface area contributed by atoms with Gasteiger partial charge in [-0.15, -0.1) is 11.8 Å². The van der Waals surface area contributed by atoms with Crippen molar-refractivity contribution in [3.05, 3.63) is 59.7 Å². The molecule has 0 radical (unpaired) electrons. The van der Waals surface area contributed by atoms with Crippen molar-refractivity contribution < 1.29 is 4.79 Å². The molecule has 22 heavy (non-hydrogen) atoms. The van der Waals surface area contributed by atoms with Crippen LogP contribution in [-0.4, -0.2) is 17.2 Å². The summed E-state index contributed by atoms with van der Waals surface area (Å²) >= 11 is 1.63. The van der Waals surface area contributed by atoms with Gasteiger partial charge in [0.15, 0.2) is 0 Å². The number of fused-ring (bicyclic) bond motifs is 1. The molecule has 0 fully saturated rings. The average Bonchev–Trinajstić information content (AvgIpc) is 2.84. The van der Waals surface area contributed by atoms with Crippen LogP contribution in [0.4, 0.5) is 5.69 Å². The number of para-hydroxylation sites is 1. The van der Waals surface area contributed by atoms with Gasteiger partial charge in [-0.3, -0.25) is 4.79 Å². The predicted octanol–water partition coefficient (Wildman–Crippen LogP) is 4.45. The molecule has 0 spiro atoms. The number of carbonyl (C=O) groups is 1. The molecule has 3 rings (SSSR count). The molecule has 114 valence electrons. The lowest BCUT2D eigenvalue weighted by Crippen LogP contribution is -2.40. The zero-order chi connectivity index (χ0) is 15.7. The van der Waals surface area contributed by atoms with E-state index in [1.165, 1.54) is 11.1 Å². The van der Waals surface area contributed by atoms with Crippen molar-refractivity contribution in [3.8, 4) is 0 Å². The fourth-order valence-corrected chi connectivity index (χ4v) is 3.88. The van der Waals surface area contributed by atoms with Crippen LogP contribution in [0.2, 0.25) is 0 Å². The van der Waals surface area contributed by atoms with E-state index in [1.54, 1.807) is 11.8 Å². The fourth-order valence-electron chi connectivity index (χ4n) is 2.97. The van der Waals surface area contributed by atoms with E-state index in [-0.39, 0.29) is 17.2 Å². The van der Waals surface area contributed by atoms with Gasteiger partial charge < -0.3 is 4.90 Å². The van der Waals surface area contributed by atoms with Crippen LogP contribution >= 0.6 is 11.8 Å². The molecule has 2 nitrogen and oxygen atoms in total. The maximum absolute atomic E-state index is 12.9. The zero-order valence-electron chi connectivity index (χ0n) is 13.2. The summed E-state index contributed by atoms with van der Waals surface area (Å²) < 4.78 is 0. The van der Waals surface area contributed by atoms with Crippen molar-refractivity contribution in [2.24, 2.45) is 0 Å². The number of anilines is 1. The average molecular weight is 311 g/mol. The number of thioether (sulfide) groups is 1. The van der Waals surface area contributed by atoms with E-state index in [0.717, 1.165) is 17.0 Å². The first-order chi connectivity index (χ1) is 10.6. The van der Waals surface area contributed by atoms with Gasteiger partial charge in [-0.25, -0.2) is 0 Å². The van der Waals surface area contributed by atoms with Gasteiger partial charge in [-0.1, -0.05) is 35.9 Å². The van der Waals surface area contributed by atoms with Gasteiger partial charge in [0, 0.05) is 16.6 Å². The minimum atomic E-state index is -0.0867. The lowest BCUT2D eigenvalue weighted by Gasteiger charge is -2.26. The second-order valence-electron chi connectivity index (χ2n) is 5.96. The molecule has 0 unspecified atom stereocenters. The maximum Gasteiger partial charge on any atom is 0.240 e. The van der Waals surface area contributed by atoms with Crippen LogP contribution in [0.15, 0.2) is 53.4 Å². The minimum Gasteiger partial charge on any atom is -0.308 e. The topological polar surface area (TPSA) is 20.3 Å². The normalized spacial score (nSPS) is 18.1. The summed E-state index contributed by atoms with van der Waals surface area (Å²) in [5, 5.41) is -0.0867.